The van der Waals surface area contributed by atoms with Crippen molar-refractivity contribution in [3.63, 3.8) is 0 Å². The third kappa shape index (κ3) is 2.06. The zero-order valence-electron chi connectivity index (χ0n) is 11.5. The Morgan fingerprint density at radius 3 is 3.15 bits per heavy atom. The number of nitrogens with zero attached hydrogens (tertiary/aromatic N) is 2. The maximum Gasteiger partial charge on any atom is 0.311 e. The Hall–Kier alpha value is -1.62. The van der Waals surface area contributed by atoms with Gasteiger partial charge >= 0.3 is 5.97 Å². The van der Waals surface area contributed by atoms with Crippen molar-refractivity contribution < 1.29 is 9.90 Å². The number of hydrogen-bond acceptors (Lipinski definition) is 4. The van der Waals surface area contributed by atoms with Gasteiger partial charge < -0.3 is 10.0 Å². The molecule has 0 aliphatic carbocycles. The maximum atomic E-state index is 11.7. The van der Waals surface area contributed by atoms with E-state index in [0.717, 1.165) is 30.6 Å². The van der Waals surface area contributed by atoms with Crippen LogP contribution in [0.2, 0.25) is 0 Å². The molecule has 1 fully saturated rings. The Bertz CT molecular complexity index is 640. The van der Waals surface area contributed by atoms with Gasteiger partial charge in [-0.25, -0.2) is 4.98 Å². The van der Waals surface area contributed by atoms with Gasteiger partial charge in [0.25, 0.3) is 0 Å². The molecule has 0 aromatic carbocycles. The van der Waals surface area contributed by atoms with Crippen molar-refractivity contribution in [2.45, 2.75) is 26.2 Å². The van der Waals surface area contributed by atoms with Gasteiger partial charge in [-0.15, -0.1) is 11.3 Å². The fraction of sp³-hybridized carbons (Fsp3) is 0.467. The van der Waals surface area contributed by atoms with E-state index in [0.29, 0.717) is 13.0 Å². The number of carboxylic acid groups (broad SMARTS) is 1. The second-order valence-corrected chi connectivity index (χ2v) is 6.42. The largest absolute Gasteiger partial charge is 0.481 e. The lowest BCUT2D eigenvalue weighted by Gasteiger charge is -2.25. The van der Waals surface area contributed by atoms with Crippen molar-refractivity contribution in [3.8, 4) is 0 Å². The monoisotopic (exact) mass is 290 g/mol. The summed E-state index contributed by atoms with van der Waals surface area (Å²) in [6.45, 7) is 3.39. The quantitative estimate of drug-likeness (QED) is 0.938. The predicted octanol–water partition coefficient (Wildman–Crippen LogP) is 3.38. The van der Waals surface area contributed by atoms with Crippen molar-refractivity contribution in [2.75, 3.05) is 18.0 Å². The van der Waals surface area contributed by atoms with E-state index in [1.807, 2.05) is 19.2 Å². The van der Waals surface area contributed by atoms with E-state index in [-0.39, 0.29) is 0 Å². The van der Waals surface area contributed by atoms with Gasteiger partial charge in [0.1, 0.15) is 5.82 Å². The number of aromatic nitrogens is 1. The zero-order chi connectivity index (χ0) is 14.2. The average Bonchev–Trinajstić information content (AvgIpc) is 3.05. The highest BCUT2D eigenvalue weighted by molar-refractivity contribution is 7.17. The van der Waals surface area contributed by atoms with Gasteiger partial charge in [-0.1, -0.05) is 13.3 Å². The Kier molecular flexibility index (Phi) is 3.38. The molecule has 106 valence electrons. The van der Waals surface area contributed by atoms with E-state index in [1.165, 1.54) is 4.70 Å². The SMILES string of the molecule is CCCC1(C(=O)O)CCN(c2nccc3sccc23)C1. The number of anilines is 1. The molecule has 3 rings (SSSR count). The van der Waals surface area contributed by atoms with Crippen molar-refractivity contribution in [2.24, 2.45) is 5.41 Å². The van der Waals surface area contributed by atoms with E-state index >= 15 is 0 Å². The van der Waals surface area contributed by atoms with Crippen molar-refractivity contribution in [1.29, 1.82) is 0 Å². The fourth-order valence-electron chi connectivity index (χ4n) is 3.15. The van der Waals surface area contributed by atoms with Crippen LogP contribution >= 0.6 is 11.3 Å². The van der Waals surface area contributed by atoms with Gasteiger partial charge in [-0.2, -0.15) is 0 Å². The number of thiophene rings is 1. The lowest BCUT2D eigenvalue weighted by molar-refractivity contribution is -0.148. The molecule has 1 saturated heterocycles. The molecule has 1 N–H and O–H groups in total. The molecule has 4 nitrogen and oxygen atoms in total. The highest BCUT2D eigenvalue weighted by atomic mass is 32.1. The Morgan fingerprint density at radius 2 is 2.40 bits per heavy atom. The van der Waals surface area contributed by atoms with Crippen LogP contribution in [0.15, 0.2) is 23.7 Å². The summed E-state index contributed by atoms with van der Waals surface area (Å²) >= 11 is 1.69. The van der Waals surface area contributed by atoms with Gasteiger partial charge in [0, 0.05) is 29.4 Å². The van der Waals surface area contributed by atoms with Gasteiger partial charge in [0.15, 0.2) is 0 Å². The highest BCUT2D eigenvalue weighted by Crippen LogP contribution is 2.39. The van der Waals surface area contributed by atoms with Crippen LogP contribution in [-0.2, 0) is 4.79 Å². The molecule has 0 saturated carbocycles. The fourth-order valence-corrected chi connectivity index (χ4v) is 3.93. The Morgan fingerprint density at radius 1 is 1.55 bits per heavy atom. The Labute approximate surface area is 122 Å². The zero-order valence-corrected chi connectivity index (χ0v) is 12.3. The van der Waals surface area contributed by atoms with Crippen LogP contribution in [0.1, 0.15) is 26.2 Å². The molecule has 1 unspecified atom stereocenters. The van der Waals surface area contributed by atoms with E-state index in [2.05, 4.69) is 21.3 Å². The van der Waals surface area contributed by atoms with Gasteiger partial charge in [-0.05, 0) is 30.4 Å². The molecule has 2 aromatic heterocycles. The molecule has 0 radical (unpaired) electrons. The van der Waals surface area contributed by atoms with E-state index < -0.39 is 11.4 Å². The summed E-state index contributed by atoms with van der Waals surface area (Å²) in [6.07, 6.45) is 4.15. The number of fused-ring (bicyclic) bond motifs is 1. The number of pyridine rings is 1. The van der Waals surface area contributed by atoms with Crippen molar-refractivity contribution in [1.82, 2.24) is 4.98 Å². The van der Waals surface area contributed by atoms with Gasteiger partial charge in [0.05, 0.1) is 5.41 Å². The number of carbonyl (C=O) groups is 1. The normalized spacial score (nSPS) is 22.6. The number of carboxylic acids is 1. The summed E-state index contributed by atoms with van der Waals surface area (Å²) in [5, 5.41) is 12.8. The van der Waals surface area contributed by atoms with E-state index in [4.69, 9.17) is 0 Å². The molecule has 2 aromatic rings. The predicted molar refractivity (Wildman–Crippen MR) is 81.4 cm³/mol. The van der Waals surface area contributed by atoms with Crippen LogP contribution in [0, 0.1) is 5.41 Å². The molecule has 0 spiro atoms. The molecule has 0 bridgehead atoms. The topological polar surface area (TPSA) is 53.4 Å². The van der Waals surface area contributed by atoms with Gasteiger partial charge in [0.2, 0.25) is 0 Å². The molecule has 1 atom stereocenters. The molecular weight excluding hydrogens is 272 g/mol. The maximum absolute atomic E-state index is 11.7. The Balaban J connectivity index is 1.93. The molecule has 3 heterocycles. The molecule has 0 amide bonds. The van der Waals surface area contributed by atoms with Crippen LogP contribution < -0.4 is 4.90 Å². The molecule has 5 heteroatoms. The number of rotatable bonds is 4. The minimum atomic E-state index is -0.667. The summed E-state index contributed by atoms with van der Waals surface area (Å²) in [4.78, 5) is 18.3. The third-order valence-corrected chi connectivity index (χ3v) is 5.08. The summed E-state index contributed by atoms with van der Waals surface area (Å²) < 4.78 is 1.21. The van der Waals surface area contributed by atoms with Crippen LogP contribution in [-0.4, -0.2) is 29.1 Å². The second kappa shape index (κ2) is 5.05. The van der Waals surface area contributed by atoms with Gasteiger partial charge in [-0.3, -0.25) is 4.79 Å². The van der Waals surface area contributed by atoms with E-state index in [9.17, 15) is 9.90 Å². The van der Waals surface area contributed by atoms with Crippen LogP contribution in [0.4, 0.5) is 5.82 Å². The first-order valence-corrected chi connectivity index (χ1v) is 7.85. The van der Waals surface area contributed by atoms with Crippen LogP contribution in [0.3, 0.4) is 0 Å². The smallest absolute Gasteiger partial charge is 0.311 e. The molecular formula is C15H18N2O2S. The number of aliphatic carboxylic acids is 1. The summed E-state index contributed by atoms with van der Waals surface area (Å²) in [7, 11) is 0. The highest BCUT2D eigenvalue weighted by Gasteiger charge is 2.44. The third-order valence-electron chi connectivity index (χ3n) is 4.19. The first-order chi connectivity index (χ1) is 9.66. The lowest BCUT2D eigenvalue weighted by Crippen LogP contribution is -2.34. The van der Waals surface area contributed by atoms with Crippen LogP contribution in [0.25, 0.3) is 10.1 Å². The van der Waals surface area contributed by atoms with E-state index in [1.54, 1.807) is 11.3 Å². The lowest BCUT2D eigenvalue weighted by atomic mass is 9.83. The first kappa shape index (κ1) is 13.4. The molecule has 1 aliphatic rings. The van der Waals surface area contributed by atoms with Crippen molar-refractivity contribution in [3.05, 3.63) is 23.7 Å². The molecule has 1 aliphatic heterocycles. The minimum absolute atomic E-state index is 0.568. The van der Waals surface area contributed by atoms with Crippen LogP contribution in [0.5, 0.6) is 0 Å². The standard InChI is InChI=1S/C15H18N2O2S/c1-2-5-15(14(18)19)6-8-17(10-15)13-11-4-9-20-12(11)3-7-16-13/h3-4,7,9H,2,5-6,8,10H2,1H3,(H,18,19). The summed E-state index contributed by atoms with van der Waals surface area (Å²) in [5.41, 5.74) is -0.603. The summed E-state index contributed by atoms with van der Waals surface area (Å²) in [5.74, 6) is 0.266. The molecule has 20 heavy (non-hydrogen) atoms. The summed E-state index contributed by atoms with van der Waals surface area (Å²) in [6, 6.07) is 4.08. The minimum Gasteiger partial charge on any atom is -0.481 e. The first-order valence-electron chi connectivity index (χ1n) is 6.97. The number of hydrogen-bond donors (Lipinski definition) is 1. The average molecular weight is 290 g/mol. The van der Waals surface area contributed by atoms with Crippen molar-refractivity contribution >= 4 is 33.2 Å². The second-order valence-electron chi connectivity index (χ2n) is 5.47.